The van der Waals surface area contributed by atoms with Crippen molar-refractivity contribution in [3.05, 3.63) is 23.9 Å². The van der Waals surface area contributed by atoms with E-state index < -0.39 is 0 Å². The molecule has 0 aromatic carbocycles. The van der Waals surface area contributed by atoms with Crippen LogP contribution >= 0.6 is 11.3 Å². The highest BCUT2D eigenvalue weighted by Gasteiger charge is 1.87. The Balaban J connectivity index is 3.04. The van der Waals surface area contributed by atoms with E-state index in [-0.39, 0.29) is 0 Å². The van der Waals surface area contributed by atoms with Crippen molar-refractivity contribution in [1.29, 1.82) is 0 Å². The molecule has 1 rings (SSSR count). The molecule has 0 bridgehead atoms. The molecule has 0 saturated heterocycles. The third-order valence-corrected chi connectivity index (χ3v) is 1.39. The van der Waals surface area contributed by atoms with E-state index in [0.29, 0.717) is 5.06 Å². The van der Waals surface area contributed by atoms with E-state index in [2.05, 4.69) is 6.92 Å². The second-order valence-corrected chi connectivity index (χ2v) is 2.39. The first kappa shape index (κ1) is 4.65. The zero-order chi connectivity index (χ0) is 5.28. The van der Waals surface area contributed by atoms with Crippen LogP contribution in [-0.4, -0.2) is 5.11 Å². The van der Waals surface area contributed by atoms with E-state index in [4.69, 9.17) is 5.11 Å². The maximum Gasteiger partial charge on any atom is 0.171 e. The lowest BCUT2D eigenvalue weighted by molar-refractivity contribution is 0.491. The summed E-state index contributed by atoms with van der Waals surface area (Å²) in [5.41, 5.74) is 0. The molecule has 37 valence electrons. The van der Waals surface area contributed by atoms with Gasteiger partial charge in [-0.3, -0.25) is 0 Å². The van der Waals surface area contributed by atoms with Crippen LogP contribution in [0.5, 0.6) is 5.06 Å². The van der Waals surface area contributed by atoms with E-state index >= 15 is 0 Å². The van der Waals surface area contributed by atoms with Crippen molar-refractivity contribution in [3.8, 4) is 5.06 Å². The molecule has 0 fully saturated rings. The highest BCUT2D eigenvalue weighted by molar-refractivity contribution is 7.13. The number of hydrogen-bond acceptors (Lipinski definition) is 2. The van der Waals surface area contributed by atoms with Crippen molar-refractivity contribution in [2.45, 2.75) is 0 Å². The lowest BCUT2D eigenvalue weighted by Crippen LogP contribution is -1.43. The molecule has 1 radical (unpaired) electrons. The number of thiophene rings is 1. The van der Waals surface area contributed by atoms with Crippen LogP contribution in [0.1, 0.15) is 4.88 Å². The average molecular weight is 113 g/mol. The lowest BCUT2D eigenvalue weighted by Gasteiger charge is -1.71. The van der Waals surface area contributed by atoms with E-state index in [1.165, 1.54) is 11.3 Å². The fourth-order valence-corrected chi connectivity index (χ4v) is 0.907. The molecule has 0 aliphatic heterocycles. The topological polar surface area (TPSA) is 20.2 Å². The SMILES string of the molecule is [CH2]c1ccc(O)s1. The quantitative estimate of drug-likeness (QED) is 0.542. The molecule has 1 aromatic rings. The normalized spacial score (nSPS) is 9.29. The van der Waals surface area contributed by atoms with Crippen molar-refractivity contribution in [1.82, 2.24) is 0 Å². The van der Waals surface area contributed by atoms with Gasteiger partial charge in [0.15, 0.2) is 5.06 Å². The van der Waals surface area contributed by atoms with Crippen molar-refractivity contribution in [2.75, 3.05) is 0 Å². The third kappa shape index (κ3) is 0.933. The first-order chi connectivity index (χ1) is 3.29. The molecule has 0 saturated carbocycles. The van der Waals surface area contributed by atoms with Crippen LogP contribution in [0.3, 0.4) is 0 Å². The van der Waals surface area contributed by atoms with Gasteiger partial charge in [0, 0.05) is 4.88 Å². The highest BCUT2D eigenvalue weighted by Crippen LogP contribution is 2.20. The van der Waals surface area contributed by atoms with Gasteiger partial charge in [0.2, 0.25) is 0 Å². The Kier molecular flexibility index (Phi) is 1.02. The third-order valence-electron chi connectivity index (χ3n) is 0.647. The summed E-state index contributed by atoms with van der Waals surface area (Å²) in [6.07, 6.45) is 0. The molecule has 0 amide bonds. The first-order valence-electron chi connectivity index (χ1n) is 1.90. The summed E-state index contributed by atoms with van der Waals surface area (Å²) in [7, 11) is 0. The molecule has 1 N–H and O–H groups in total. The molecule has 0 atom stereocenters. The fraction of sp³-hybridized carbons (Fsp3) is 0. The van der Waals surface area contributed by atoms with Crippen LogP contribution < -0.4 is 0 Å². The number of rotatable bonds is 0. The summed E-state index contributed by atoms with van der Waals surface area (Å²) in [5, 5.41) is 8.97. The van der Waals surface area contributed by atoms with Gasteiger partial charge in [0.25, 0.3) is 0 Å². The Morgan fingerprint density at radius 2 is 2.29 bits per heavy atom. The largest absolute Gasteiger partial charge is 0.499 e. The molecule has 0 aliphatic carbocycles. The second-order valence-electron chi connectivity index (χ2n) is 1.24. The van der Waals surface area contributed by atoms with E-state index in [1.807, 2.05) is 0 Å². The standard InChI is InChI=1S/C5H5OS/c1-4-2-3-5(6)7-4/h2-3,6H,1H2. The molecular formula is C5H5OS. The predicted octanol–water partition coefficient (Wildman–Crippen LogP) is 1.64. The van der Waals surface area contributed by atoms with Crippen molar-refractivity contribution >= 4 is 11.3 Å². The van der Waals surface area contributed by atoms with Crippen LogP contribution in [0.2, 0.25) is 0 Å². The van der Waals surface area contributed by atoms with Crippen LogP contribution in [0.15, 0.2) is 12.1 Å². The summed E-state index contributed by atoms with van der Waals surface area (Å²) in [6.45, 7) is 3.60. The summed E-state index contributed by atoms with van der Waals surface area (Å²) >= 11 is 1.29. The van der Waals surface area contributed by atoms with E-state index in [0.717, 1.165) is 4.88 Å². The van der Waals surface area contributed by atoms with Gasteiger partial charge in [-0.05, 0) is 19.1 Å². The van der Waals surface area contributed by atoms with Crippen LogP contribution in [-0.2, 0) is 0 Å². The zero-order valence-electron chi connectivity index (χ0n) is 3.72. The summed E-state index contributed by atoms with van der Waals surface area (Å²) in [4.78, 5) is 0.900. The van der Waals surface area contributed by atoms with E-state index in [1.54, 1.807) is 12.1 Å². The summed E-state index contributed by atoms with van der Waals surface area (Å²) in [6, 6.07) is 3.41. The van der Waals surface area contributed by atoms with Gasteiger partial charge in [0.1, 0.15) is 0 Å². The maximum absolute atomic E-state index is 8.63. The van der Waals surface area contributed by atoms with Gasteiger partial charge >= 0.3 is 0 Å². The summed E-state index contributed by atoms with van der Waals surface area (Å²) in [5.74, 6) is 0. The van der Waals surface area contributed by atoms with Gasteiger partial charge in [0.05, 0.1) is 0 Å². The monoisotopic (exact) mass is 113 g/mol. The Hall–Kier alpha value is -0.500. The highest BCUT2D eigenvalue weighted by atomic mass is 32.1. The Labute approximate surface area is 46.2 Å². The minimum absolute atomic E-state index is 0.338. The molecule has 0 unspecified atom stereocenters. The zero-order valence-corrected chi connectivity index (χ0v) is 4.53. The van der Waals surface area contributed by atoms with Crippen molar-refractivity contribution < 1.29 is 5.11 Å². The van der Waals surface area contributed by atoms with Crippen LogP contribution in [0.4, 0.5) is 0 Å². The van der Waals surface area contributed by atoms with Crippen LogP contribution in [0.25, 0.3) is 0 Å². The predicted molar refractivity (Wildman–Crippen MR) is 30.4 cm³/mol. The van der Waals surface area contributed by atoms with Crippen LogP contribution in [0, 0.1) is 6.92 Å². The minimum Gasteiger partial charge on any atom is -0.499 e. The molecule has 1 aromatic heterocycles. The molecular weight excluding hydrogens is 108 g/mol. The van der Waals surface area contributed by atoms with Crippen molar-refractivity contribution in [2.24, 2.45) is 0 Å². The molecule has 7 heavy (non-hydrogen) atoms. The van der Waals surface area contributed by atoms with Gasteiger partial charge < -0.3 is 5.11 Å². The van der Waals surface area contributed by atoms with Gasteiger partial charge in [-0.15, -0.1) is 11.3 Å². The average Bonchev–Trinajstić information content (AvgIpc) is 1.87. The molecule has 0 aliphatic rings. The van der Waals surface area contributed by atoms with Gasteiger partial charge in [-0.1, -0.05) is 0 Å². The molecule has 0 spiro atoms. The Morgan fingerprint density at radius 1 is 1.57 bits per heavy atom. The minimum atomic E-state index is 0.338. The Bertz CT molecular complexity index is 140. The van der Waals surface area contributed by atoms with E-state index in [9.17, 15) is 0 Å². The summed E-state index contributed by atoms with van der Waals surface area (Å²) < 4.78 is 0. The second kappa shape index (κ2) is 1.54. The smallest absolute Gasteiger partial charge is 0.171 e. The van der Waals surface area contributed by atoms with Gasteiger partial charge in [-0.2, -0.15) is 0 Å². The molecule has 1 heterocycles. The molecule has 1 nitrogen and oxygen atoms in total. The lowest BCUT2D eigenvalue weighted by atomic mass is 10.5. The fourth-order valence-electron chi connectivity index (χ4n) is 0.367. The molecule has 2 heteroatoms. The van der Waals surface area contributed by atoms with Gasteiger partial charge in [-0.25, -0.2) is 0 Å². The first-order valence-corrected chi connectivity index (χ1v) is 2.71. The number of aromatic hydroxyl groups is 1. The van der Waals surface area contributed by atoms with Crippen molar-refractivity contribution in [3.63, 3.8) is 0 Å². The number of hydrogen-bond donors (Lipinski definition) is 1. The Morgan fingerprint density at radius 3 is 2.43 bits per heavy atom. The maximum atomic E-state index is 8.63.